The van der Waals surface area contributed by atoms with Crippen molar-refractivity contribution in [3.05, 3.63) is 89.2 Å². The number of Topliss-reactive ketones (excluding diaryl/α,β-unsaturated/α-hetero) is 1. The van der Waals surface area contributed by atoms with Crippen molar-refractivity contribution >= 4 is 27.5 Å². The maximum atomic E-state index is 13.3. The van der Waals surface area contributed by atoms with E-state index in [1.54, 1.807) is 12.1 Å². The fourth-order valence-electron chi connectivity index (χ4n) is 3.62. The number of hydrogen-bond acceptors (Lipinski definition) is 6. The third kappa shape index (κ3) is 4.45. The van der Waals surface area contributed by atoms with Crippen LogP contribution in [0, 0.1) is 5.82 Å². The van der Waals surface area contributed by atoms with E-state index in [-0.39, 0.29) is 21.8 Å². The minimum Gasteiger partial charge on any atom is -0.496 e. The minimum absolute atomic E-state index is 0.100. The van der Waals surface area contributed by atoms with Crippen molar-refractivity contribution < 1.29 is 31.9 Å². The maximum absolute atomic E-state index is 13.3. The SMILES string of the molecule is COc1ccc(S(=O)(=O)N2CCc3ccccc32)cc1C(=O)OCC(=O)c1ccc(F)cc1. The molecule has 0 aromatic heterocycles. The number of nitrogens with zero attached hydrogens (tertiary/aromatic N) is 1. The fraction of sp³-hybridized carbons (Fsp3) is 0.167. The van der Waals surface area contributed by atoms with Gasteiger partial charge in [0, 0.05) is 12.1 Å². The average molecular weight is 469 g/mol. The van der Waals surface area contributed by atoms with Gasteiger partial charge >= 0.3 is 5.97 Å². The second-order valence-corrected chi connectivity index (χ2v) is 9.19. The summed E-state index contributed by atoms with van der Waals surface area (Å²) in [5.74, 6) is -1.83. The number of benzene rings is 3. The van der Waals surface area contributed by atoms with Gasteiger partial charge in [0.05, 0.1) is 17.7 Å². The molecule has 9 heteroatoms. The zero-order valence-corrected chi connectivity index (χ0v) is 18.5. The van der Waals surface area contributed by atoms with Gasteiger partial charge < -0.3 is 9.47 Å². The van der Waals surface area contributed by atoms with E-state index in [1.165, 1.54) is 41.7 Å². The molecule has 1 heterocycles. The Bertz CT molecular complexity index is 1320. The van der Waals surface area contributed by atoms with Gasteiger partial charge in [0.2, 0.25) is 0 Å². The van der Waals surface area contributed by atoms with E-state index in [0.29, 0.717) is 18.7 Å². The third-order valence-corrected chi connectivity index (χ3v) is 7.13. The van der Waals surface area contributed by atoms with Crippen LogP contribution in [-0.4, -0.2) is 40.4 Å². The second kappa shape index (κ2) is 9.03. The number of ketones is 1. The van der Waals surface area contributed by atoms with Crippen LogP contribution >= 0.6 is 0 Å². The van der Waals surface area contributed by atoms with E-state index < -0.39 is 34.2 Å². The van der Waals surface area contributed by atoms with Crippen molar-refractivity contribution in [1.82, 2.24) is 0 Å². The summed E-state index contributed by atoms with van der Waals surface area (Å²) in [6, 6.07) is 16.0. The van der Waals surface area contributed by atoms with Crippen molar-refractivity contribution in [3.63, 3.8) is 0 Å². The lowest BCUT2D eigenvalue weighted by Gasteiger charge is -2.20. The van der Waals surface area contributed by atoms with Crippen LogP contribution < -0.4 is 9.04 Å². The van der Waals surface area contributed by atoms with Crippen LogP contribution in [-0.2, 0) is 21.2 Å². The Hall–Kier alpha value is -3.72. The van der Waals surface area contributed by atoms with E-state index in [4.69, 9.17) is 9.47 Å². The molecule has 1 aliphatic heterocycles. The number of para-hydroxylation sites is 1. The van der Waals surface area contributed by atoms with Crippen LogP contribution in [0.2, 0.25) is 0 Å². The van der Waals surface area contributed by atoms with Crippen LogP contribution in [0.25, 0.3) is 0 Å². The fourth-order valence-corrected chi connectivity index (χ4v) is 5.15. The number of carbonyl (C=O) groups is 2. The van der Waals surface area contributed by atoms with E-state index in [2.05, 4.69) is 0 Å². The maximum Gasteiger partial charge on any atom is 0.342 e. The predicted octanol–water partition coefficient (Wildman–Crippen LogP) is 3.63. The molecule has 0 atom stereocenters. The molecule has 0 fully saturated rings. The smallest absolute Gasteiger partial charge is 0.342 e. The number of rotatable bonds is 7. The lowest BCUT2D eigenvalue weighted by Crippen LogP contribution is -2.29. The first-order chi connectivity index (χ1) is 15.8. The van der Waals surface area contributed by atoms with Crippen molar-refractivity contribution in [3.8, 4) is 5.75 Å². The molecule has 3 aromatic rings. The molecular weight excluding hydrogens is 449 g/mol. The summed E-state index contributed by atoms with van der Waals surface area (Å²) < 4.78 is 51.2. The number of fused-ring (bicyclic) bond motifs is 1. The minimum atomic E-state index is -3.94. The molecule has 0 saturated heterocycles. The van der Waals surface area contributed by atoms with Gasteiger partial charge in [0.25, 0.3) is 10.0 Å². The summed E-state index contributed by atoms with van der Waals surface area (Å²) in [6.45, 7) is -0.302. The molecule has 1 aliphatic rings. The zero-order valence-electron chi connectivity index (χ0n) is 17.7. The van der Waals surface area contributed by atoms with E-state index in [9.17, 15) is 22.4 Å². The third-order valence-electron chi connectivity index (χ3n) is 5.32. The van der Waals surface area contributed by atoms with Gasteiger partial charge in [-0.25, -0.2) is 17.6 Å². The molecule has 0 unspecified atom stereocenters. The van der Waals surface area contributed by atoms with Gasteiger partial charge in [0.15, 0.2) is 12.4 Å². The zero-order chi connectivity index (χ0) is 23.6. The molecule has 170 valence electrons. The molecule has 0 radical (unpaired) electrons. The molecule has 33 heavy (non-hydrogen) atoms. The van der Waals surface area contributed by atoms with Gasteiger partial charge in [-0.1, -0.05) is 18.2 Å². The molecule has 0 spiro atoms. The lowest BCUT2D eigenvalue weighted by molar-refractivity contribution is 0.0471. The molecule has 3 aromatic carbocycles. The number of esters is 1. The first-order valence-corrected chi connectivity index (χ1v) is 11.5. The number of hydrogen-bond donors (Lipinski definition) is 0. The topological polar surface area (TPSA) is 90.0 Å². The average Bonchev–Trinajstić information content (AvgIpc) is 3.27. The van der Waals surface area contributed by atoms with Crippen LogP contribution in [0.1, 0.15) is 26.3 Å². The van der Waals surface area contributed by atoms with Crippen LogP contribution in [0.3, 0.4) is 0 Å². The molecule has 0 bridgehead atoms. The second-order valence-electron chi connectivity index (χ2n) is 7.32. The van der Waals surface area contributed by atoms with Crippen molar-refractivity contribution in [2.45, 2.75) is 11.3 Å². The lowest BCUT2D eigenvalue weighted by atomic mass is 10.1. The quantitative estimate of drug-likeness (QED) is 0.388. The highest BCUT2D eigenvalue weighted by Crippen LogP contribution is 2.34. The van der Waals surface area contributed by atoms with E-state index in [0.717, 1.165) is 17.7 Å². The Morgan fingerprint density at radius 1 is 1.03 bits per heavy atom. The first kappa shape index (κ1) is 22.5. The van der Waals surface area contributed by atoms with Crippen LogP contribution in [0.4, 0.5) is 10.1 Å². The van der Waals surface area contributed by atoms with Crippen molar-refractivity contribution in [2.75, 3.05) is 24.6 Å². The molecule has 0 amide bonds. The Balaban J connectivity index is 1.57. The molecule has 0 saturated carbocycles. The Labute approximate surface area is 190 Å². The summed E-state index contributed by atoms with van der Waals surface area (Å²) >= 11 is 0. The highest BCUT2D eigenvalue weighted by Gasteiger charge is 2.32. The van der Waals surface area contributed by atoms with Crippen molar-refractivity contribution in [2.24, 2.45) is 0 Å². The summed E-state index contributed by atoms with van der Waals surface area (Å²) in [4.78, 5) is 24.8. The van der Waals surface area contributed by atoms with Gasteiger partial charge in [0.1, 0.15) is 17.1 Å². The number of anilines is 1. The van der Waals surface area contributed by atoms with Crippen LogP contribution in [0.15, 0.2) is 71.6 Å². The Morgan fingerprint density at radius 3 is 2.48 bits per heavy atom. The molecular formula is C24H20FNO6S. The van der Waals surface area contributed by atoms with Gasteiger partial charge in [-0.3, -0.25) is 9.10 Å². The Morgan fingerprint density at radius 2 is 1.76 bits per heavy atom. The standard InChI is InChI=1S/C24H20FNO6S/c1-31-23-11-10-19(33(29,30)26-13-12-16-4-2-3-5-21(16)26)14-20(23)24(28)32-15-22(27)17-6-8-18(25)9-7-17/h2-11,14H,12-13,15H2,1H3. The Kier molecular flexibility index (Phi) is 6.15. The monoisotopic (exact) mass is 469 g/mol. The summed E-state index contributed by atoms with van der Waals surface area (Å²) in [5, 5.41) is 0. The molecule has 0 N–H and O–H groups in total. The number of ether oxygens (including phenoxy) is 2. The largest absolute Gasteiger partial charge is 0.496 e. The van der Waals surface area contributed by atoms with E-state index >= 15 is 0 Å². The first-order valence-electron chi connectivity index (χ1n) is 10.1. The molecule has 4 rings (SSSR count). The highest BCUT2D eigenvalue weighted by molar-refractivity contribution is 7.92. The van der Waals surface area contributed by atoms with Gasteiger partial charge in [-0.05, 0) is 60.5 Å². The number of sulfonamides is 1. The highest BCUT2D eigenvalue weighted by atomic mass is 32.2. The van der Waals surface area contributed by atoms with Crippen LogP contribution in [0.5, 0.6) is 5.75 Å². The number of halogens is 1. The summed E-state index contributed by atoms with van der Waals surface area (Å²) in [6.07, 6.45) is 0.589. The number of methoxy groups -OCH3 is 1. The normalized spacial score (nSPS) is 12.8. The predicted molar refractivity (Wildman–Crippen MR) is 119 cm³/mol. The molecule has 0 aliphatic carbocycles. The van der Waals surface area contributed by atoms with Crippen molar-refractivity contribution in [1.29, 1.82) is 0 Å². The van der Waals surface area contributed by atoms with Gasteiger partial charge in [-0.2, -0.15) is 0 Å². The number of carbonyl (C=O) groups excluding carboxylic acids is 2. The summed E-state index contributed by atoms with van der Waals surface area (Å²) in [5.41, 5.74) is 1.58. The van der Waals surface area contributed by atoms with Gasteiger partial charge in [-0.15, -0.1) is 0 Å². The summed E-state index contributed by atoms with van der Waals surface area (Å²) in [7, 11) is -2.61. The molecule has 7 nitrogen and oxygen atoms in total. The van der Waals surface area contributed by atoms with E-state index in [1.807, 2.05) is 12.1 Å².